The lowest BCUT2D eigenvalue weighted by molar-refractivity contribution is 0.104. The number of carbonyl (C=O) groups excluding carboxylic acids is 1. The molecule has 1 aliphatic rings. The summed E-state index contributed by atoms with van der Waals surface area (Å²) in [6.45, 7) is 0. The van der Waals surface area contributed by atoms with Crippen molar-refractivity contribution in [2.45, 2.75) is 0 Å². The molecule has 22 heavy (non-hydrogen) atoms. The highest BCUT2D eigenvalue weighted by Crippen LogP contribution is 2.45. The van der Waals surface area contributed by atoms with Gasteiger partial charge in [0.15, 0.2) is 5.78 Å². The molecule has 0 amide bonds. The molecule has 3 aromatic rings. The third-order valence-corrected chi connectivity index (χ3v) is 4.58. The normalized spacial score (nSPS) is 12.4. The molecular formula is C15H6ClIN2O2S. The van der Waals surface area contributed by atoms with Gasteiger partial charge in [0, 0.05) is 60.7 Å². The van der Waals surface area contributed by atoms with Gasteiger partial charge in [0.2, 0.25) is 5.88 Å². The summed E-state index contributed by atoms with van der Waals surface area (Å²) in [4.78, 5) is 21.3. The molecule has 0 atom stereocenters. The van der Waals surface area contributed by atoms with E-state index in [-0.39, 0.29) is 5.78 Å². The maximum absolute atomic E-state index is 12.7. The number of hydrogen-bond acceptors (Lipinski definition) is 5. The molecule has 1 aromatic carbocycles. The highest BCUT2D eigenvalue weighted by molar-refractivity contribution is 14.2. The Balaban J connectivity index is 2.16. The Kier molecular flexibility index (Phi) is 3.47. The predicted octanol–water partition coefficient (Wildman–Crippen LogP) is 4.87. The van der Waals surface area contributed by atoms with E-state index in [1.54, 1.807) is 30.6 Å². The topological polar surface area (TPSA) is 52.1 Å². The average Bonchev–Trinajstić information content (AvgIpc) is 2.82. The van der Waals surface area contributed by atoms with E-state index < -0.39 is 0 Å². The van der Waals surface area contributed by atoms with Gasteiger partial charge < -0.3 is 4.18 Å². The fraction of sp³-hybridized carbons (Fsp3) is 0. The smallest absolute Gasteiger partial charge is 0.241 e. The van der Waals surface area contributed by atoms with Crippen molar-refractivity contribution in [3.63, 3.8) is 0 Å². The molecule has 2 heterocycles. The molecule has 0 fully saturated rings. The van der Waals surface area contributed by atoms with Gasteiger partial charge in [-0.3, -0.25) is 9.78 Å². The first-order chi connectivity index (χ1) is 10.7. The van der Waals surface area contributed by atoms with Gasteiger partial charge in [0.05, 0.1) is 11.1 Å². The second kappa shape index (κ2) is 5.36. The van der Waals surface area contributed by atoms with Crippen LogP contribution in [0.1, 0.15) is 15.9 Å². The summed E-state index contributed by atoms with van der Waals surface area (Å²) in [5.41, 5.74) is 3.42. The SMILES string of the molecule is O=C1c2ccncc2-c2c1c(OSI)nc1cc(Cl)ccc21. The molecule has 4 rings (SSSR count). The van der Waals surface area contributed by atoms with E-state index in [0.717, 1.165) is 25.7 Å². The van der Waals surface area contributed by atoms with Crippen molar-refractivity contribution in [1.82, 2.24) is 9.97 Å². The highest BCUT2D eigenvalue weighted by atomic mass is 127. The quantitative estimate of drug-likeness (QED) is 0.329. The van der Waals surface area contributed by atoms with Gasteiger partial charge in [-0.15, -0.1) is 0 Å². The lowest BCUT2D eigenvalue weighted by Gasteiger charge is -2.09. The number of ketones is 1. The molecule has 2 aromatic heterocycles. The monoisotopic (exact) mass is 440 g/mol. The van der Waals surface area contributed by atoms with E-state index in [9.17, 15) is 4.79 Å². The van der Waals surface area contributed by atoms with Gasteiger partial charge >= 0.3 is 0 Å². The minimum absolute atomic E-state index is 0.0859. The lowest BCUT2D eigenvalue weighted by atomic mass is 10.0. The van der Waals surface area contributed by atoms with Crippen LogP contribution in [0.25, 0.3) is 22.0 Å². The Labute approximate surface area is 147 Å². The molecule has 0 aliphatic heterocycles. The van der Waals surface area contributed by atoms with Crippen LogP contribution in [-0.2, 0) is 0 Å². The third-order valence-electron chi connectivity index (χ3n) is 3.59. The number of aromatic nitrogens is 2. The first-order valence-corrected chi connectivity index (χ1v) is 9.94. The second-order valence-corrected chi connectivity index (χ2v) is 6.53. The van der Waals surface area contributed by atoms with Crippen LogP contribution in [0, 0.1) is 0 Å². The van der Waals surface area contributed by atoms with Crippen LogP contribution in [0.15, 0.2) is 36.7 Å². The largest absolute Gasteiger partial charge is 0.394 e. The van der Waals surface area contributed by atoms with E-state index in [4.69, 9.17) is 15.8 Å². The summed E-state index contributed by atoms with van der Waals surface area (Å²) in [5.74, 6) is 0.225. The second-order valence-electron chi connectivity index (χ2n) is 4.73. The molecule has 4 nitrogen and oxygen atoms in total. The molecule has 0 N–H and O–H groups in total. The maximum atomic E-state index is 12.7. The molecule has 0 bridgehead atoms. The molecule has 0 saturated carbocycles. The maximum Gasteiger partial charge on any atom is 0.241 e. The van der Waals surface area contributed by atoms with Gasteiger partial charge in [0.1, 0.15) is 9.21 Å². The molecule has 0 radical (unpaired) electrons. The first-order valence-electron chi connectivity index (χ1n) is 6.28. The van der Waals surface area contributed by atoms with Crippen molar-refractivity contribution in [2.24, 2.45) is 0 Å². The number of hydrogen-bond donors (Lipinski definition) is 0. The van der Waals surface area contributed by atoms with Gasteiger partial charge in [-0.05, 0) is 18.2 Å². The van der Waals surface area contributed by atoms with Gasteiger partial charge in [-0.25, -0.2) is 4.98 Å². The lowest BCUT2D eigenvalue weighted by Crippen LogP contribution is -2.00. The van der Waals surface area contributed by atoms with Crippen LogP contribution in [0.2, 0.25) is 5.02 Å². The fourth-order valence-corrected chi connectivity index (χ4v) is 3.58. The Hall–Kier alpha value is -1.38. The summed E-state index contributed by atoms with van der Waals surface area (Å²) in [6, 6.07) is 7.15. The van der Waals surface area contributed by atoms with Gasteiger partial charge in [0.25, 0.3) is 0 Å². The zero-order chi connectivity index (χ0) is 15.3. The molecule has 0 saturated heterocycles. The van der Waals surface area contributed by atoms with Crippen molar-refractivity contribution in [2.75, 3.05) is 0 Å². The number of pyridine rings is 2. The summed E-state index contributed by atoms with van der Waals surface area (Å²) in [5, 5.41) is 1.45. The summed E-state index contributed by atoms with van der Waals surface area (Å²) in [6.07, 6.45) is 3.32. The van der Waals surface area contributed by atoms with Crippen LogP contribution in [-0.4, -0.2) is 15.8 Å². The van der Waals surface area contributed by atoms with E-state index in [1.165, 1.54) is 0 Å². The highest BCUT2D eigenvalue weighted by Gasteiger charge is 2.33. The molecule has 1 aliphatic carbocycles. The molecule has 108 valence electrons. The Morgan fingerprint density at radius 2 is 2.05 bits per heavy atom. The predicted molar refractivity (Wildman–Crippen MR) is 95.7 cm³/mol. The van der Waals surface area contributed by atoms with E-state index in [0.29, 0.717) is 27.5 Å². The van der Waals surface area contributed by atoms with Crippen molar-refractivity contribution in [3.05, 3.63) is 52.8 Å². The van der Waals surface area contributed by atoms with Gasteiger partial charge in [-0.1, -0.05) is 17.7 Å². The molecule has 0 spiro atoms. The first kappa shape index (κ1) is 14.2. The minimum atomic E-state index is -0.0859. The Morgan fingerprint density at radius 3 is 2.86 bits per heavy atom. The van der Waals surface area contributed by atoms with Crippen LogP contribution in [0.3, 0.4) is 0 Å². The fourth-order valence-electron chi connectivity index (χ4n) is 2.72. The summed E-state index contributed by atoms with van der Waals surface area (Å²) >= 11 is 8.06. The Bertz CT molecular complexity index is 948. The van der Waals surface area contributed by atoms with Crippen molar-refractivity contribution < 1.29 is 8.98 Å². The van der Waals surface area contributed by atoms with Crippen molar-refractivity contribution >= 4 is 58.7 Å². The summed E-state index contributed by atoms with van der Waals surface area (Å²) < 4.78 is 5.51. The molecular weight excluding hydrogens is 435 g/mol. The average molecular weight is 441 g/mol. The number of fused-ring (bicyclic) bond motifs is 5. The zero-order valence-corrected chi connectivity index (χ0v) is 14.6. The number of halogens is 2. The number of carbonyl (C=O) groups is 1. The van der Waals surface area contributed by atoms with Crippen molar-refractivity contribution in [3.8, 4) is 17.0 Å². The van der Waals surface area contributed by atoms with Crippen LogP contribution >= 0.6 is 42.0 Å². The van der Waals surface area contributed by atoms with Crippen LogP contribution < -0.4 is 4.18 Å². The van der Waals surface area contributed by atoms with Gasteiger partial charge in [-0.2, -0.15) is 0 Å². The zero-order valence-electron chi connectivity index (χ0n) is 10.8. The van der Waals surface area contributed by atoms with Crippen LogP contribution in [0.4, 0.5) is 0 Å². The Morgan fingerprint density at radius 1 is 1.18 bits per heavy atom. The number of benzene rings is 1. The minimum Gasteiger partial charge on any atom is -0.394 e. The van der Waals surface area contributed by atoms with Crippen molar-refractivity contribution in [1.29, 1.82) is 0 Å². The van der Waals surface area contributed by atoms with E-state index in [1.807, 2.05) is 27.3 Å². The van der Waals surface area contributed by atoms with Crippen LogP contribution in [0.5, 0.6) is 5.88 Å². The molecule has 0 unspecified atom stereocenters. The molecule has 7 heteroatoms. The number of nitrogens with zero attached hydrogens (tertiary/aromatic N) is 2. The third kappa shape index (κ3) is 2.01. The number of rotatable bonds is 2. The van der Waals surface area contributed by atoms with E-state index in [2.05, 4.69) is 9.97 Å². The standard InChI is InChI=1S/C15H6ClIN2O2S/c16-7-1-2-9-11(5-7)19-15(21-22-17)13-12(9)10-6-18-4-3-8(10)14(13)20/h1-6H. The summed E-state index contributed by atoms with van der Waals surface area (Å²) in [7, 11) is 1.12. The van der Waals surface area contributed by atoms with E-state index >= 15 is 0 Å².